The number of nitrogens with zero attached hydrogens (tertiary/aromatic N) is 3. The van der Waals surface area contributed by atoms with Crippen molar-refractivity contribution in [3.8, 4) is 11.4 Å². The molecule has 114 valence electrons. The van der Waals surface area contributed by atoms with Gasteiger partial charge in [-0.15, -0.1) is 0 Å². The van der Waals surface area contributed by atoms with E-state index in [9.17, 15) is 0 Å². The Labute approximate surface area is 137 Å². The minimum absolute atomic E-state index is 0.765. The van der Waals surface area contributed by atoms with Gasteiger partial charge >= 0.3 is 0 Å². The zero-order valence-electron chi connectivity index (χ0n) is 12.8. The number of hydrogen-bond donors (Lipinski definition) is 0. The summed E-state index contributed by atoms with van der Waals surface area (Å²) >= 11 is 0. The monoisotopic (exact) mass is 311 g/mol. The van der Waals surface area contributed by atoms with Crippen molar-refractivity contribution < 1.29 is 4.42 Å². The Morgan fingerprint density at radius 3 is 2.50 bits per heavy atom. The minimum atomic E-state index is 0.765. The first-order chi connectivity index (χ1) is 11.9. The van der Waals surface area contributed by atoms with Crippen LogP contribution < -0.4 is 5.35 Å². The Bertz CT molecular complexity index is 1190. The maximum atomic E-state index is 5.44. The lowest BCUT2D eigenvalue weighted by Gasteiger charge is -1.99. The van der Waals surface area contributed by atoms with Crippen LogP contribution in [0.4, 0.5) is 0 Å². The number of benzene rings is 2. The summed E-state index contributed by atoms with van der Waals surface area (Å²) in [5.74, 6) is 1.65. The Morgan fingerprint density at radius 2 is 1.67 bits per heavy atom. The molecule has 5 aromatic rings. The largest absolute Gasteiger partial charge is 0.465 e. The van der Waals surface area contributed by atoms with Gasteiger partial charge in [0.2, 0.25) is 0 Å². The van der Waals surface area contributed by atoms with Gasteiger partial charge in [0.05, 0.1) is 17.3 Å². The van der Waals surface area contributed by atoms with E-state index in [1.54, 1.807) is 6.26 Å². The molecule has 0 saturated heterocycles. The van der Waals surface area contributed by atoms with Gasteiger partial charge in [-0.25, -0.2) is 9.97 Å². The third kappa shape index (κ3) is 1.93. The summed E-state index contributed by atoms with van der Waals surface area (Å²) in [5.41, 5.74) is 3.91. The number of rotatable bonds is 2. The fraction of sp³-hybridized carbons (Fsp3) is 0. The maximum Gasteiger partial charge on any atom is 0.165 e. The van der Waals surface area contributed by atoms with Gasteiger partial charge in [-0.1, -0.05) is 42.5 Å². The van der Waals surface area contributed by atoms with Crippen molar-refractivity contribution >= 4 is 22.8 Å². The molecule has 2 aromatic carbocycles. The molecule has 0 fully saturated rings. The Balaban J connectivity index is 1.92. The van der Waals surface area contributed by atoms with Gasteiger partial charge in [-0.2, -0.15) is 0 Å². The standard InChI is InChI=1S/C20H13N3O/c1-2-7-14(8-3-1)19-22-17(13-15-9-6-12-24-15)20-21-16-10-4-5-11-18(16)23(19)20/h1-13H. The van der Waals surface area contributed by atoms with Crippen LogP contribution in [0.25, 0.3) is 34.1 Å². The van der Waals surface area contributed by atoms with Gasteiger partial charge in [0.15, 0.2) is 5.65 Å². The molecule has 0 spiro atoms. The van der Waals surface area contributed by atoms with E-state index in [2.05, 4.69) is 22.6 Å². The van der Waals surface area contributed by atoms with Crippen LogP contribution in [0, 0.1) is 0 Å². The molecule has 0 saturated carbocycles. The lowest BCUT2D eigenvalue weighted by atomic mass is 10.2. The van der Waals surface area contributed by atoms with E-state index in [-0.39, 0.29) is 0 Å². The second kappa shape index (κ2) is 5.06. The Kier molecular flexibility index (Phi) is 2.76. The Morgan fingerprint density at radius 1 is 0.833 bits per heavy atom. The summed E-state index contributed by atoms with van der Waals surface area (Å²) in [4.78, 5) is 9.60. The summed E-state index contributed by atoms with van der Waals surface area (Å²) in [7, 11) is 0. The maximum absolute atomic E-state index is 5.44. The zero-order valence-corrected chi connectivity index (χ0v) is 12.8. The molecule has 3 aromatic heterocycles. The highest BCUT2D eigenvalue weighted by Crippen LogP contribution is 2.23. The Hall–Kier alpha value is -3.40. The van der Waals surface area contributed by atoms with Crippen molar-refractivity contribution in [3.05, 3.63) is 84.1 Å². The fourth-order valence-electron chi connectivity index (χ4n) is 3.01. The van der Waals surface area contributed by atoms with Crippen LogP contribution in [0.2, 0.25) is 0 Å². The summed E-state index contributed by atoms with van der Waals surface area (Å²) in [6.45, 7) is 0. The van der Waals surface area contributed by atoms with Gasteiger partial charge < -0.3 is 4.42 Å². The first kappa shape index (κ1) is 13.1. The first-order valence-corrected chi connectivity index (χ1v) is 7.78. The lowest BCUT2D eigenvalue weighted by Crippen LogP contribution is -2.02. The highest BCUT2D eigenvalue weighted by molar-refractivity contribution is 5.83. The zero-order chi connectivity index (χ0) is 15.9. The summed E-state index contributed by atoms with van der Waals surface area (Å²) in [6, 6.07) is 22.1. The second-order valence-electron chi connectivity index (χ2n) is 5.61. The van der Waals surface area contributed by atoms with E-state index in [0.29, 0.717) is 0 Å². The third-order valence-electron chi connectivity index (χ3n) is 4.08. The van der Waals surface area contributed by atoms with Gasteiger partial charge in [-0.3, -0.25) is 4.40 Å². The number of furan rings is 1. The molecule has 0 amide bonds. The molecular formula is C20H13N3O. The smallest absolute Gasteiger partial charge is 0.165 e. The SMILES string of the molecule is C(c1ccco1)=c1nc(-c2ccccc2)n2c1nc1ccccc12. The van der Waals surface area contributed by atoms with Crippen molar-refractivity contribution in [1.29, 1.82) is 0 Å². The molecule has 24 heavy (non-hydrogen) atoms. The van der Waals surface area contributed by atoms with Gasteiger partial charge in [0.1, 0.15) is 16.9 Å². The van der Waals surface area contributed by atoms with E-state index in [4.69, 9.17) is 14.4 Å². The molecule has 0 unspecified atom stereocenters. The van der Waals surface area contributed by atoms with Gasteiger partial charge in [-0.05, 0) is 24.3 Å². The molecule has 0 radical (unpaired) electrons. The molecule has 0 N–H and O–H groups in total. The van der Waals surface area contributed by atoms with Gasteiger partial charge in [0, 0.05) is 11.6 Å². The first-order valence-electron chi connectivity index (χ1n) is 7.78. The molecule has 0 bridgehead atoms. The summed E-state index contributed by atoms with van der Waals surface area (Å²) in [5, 5.41) is 0.806. The molecule has 4 heteroatoms. The molecule has 0 aliphatic rings. The van der Waals surface area contributed by atoms with Gasteiger partial charge in [0.25, 0.3) is 0 Å². The topological polar surface area (TPSA) is 43.3 Å². The normalized spacial score (nSPS) is 12.4. The van der Waals surface area contributed by atoms with E-state index >= 15 is 0 Å². The number of para-hydroxylation sites is 2. The summed E-state index contributed by atoms with van der Waals surface area (Å²) in [6.07, 6.45) is 3.58. The molecule has 5 rings (SSSR count). The van der Waals surface area contributed by atoms with E-state index in [1.165, 1.54) is 0 Å². The van der Waals surface area contributed by atoms with Crippen LogP contribution in [0.1, 0.15) is 5.76 Å². The molecule has 0 atom stereocenters. The fourth-order valence-corrected chi connectivity index (χ4v) is 3.01. The van der Waals surface area contributed by atoms with Crippen LogP contribution in [0.5, 0.6) is 0 Å². The molecule has 0 aliphatic heterocycles. The van der Waals surface area contributed by atoms with E-state index in [1.807, 2.05) is 54.6 Å². The second-order valence-corrected chi connectivity index (χ2v) is 5.61. The minimum Gasteiger partial charge on any atom is -0.465 e. The highest BCUT2D eigenvalue weighted by atomic mass is 16.3. The number of fused-ring (bicyclic) bond motifs is 3. The van der Waals surface area contributed by atoms with Crippen molar-refractivity contribution in [2.75, 3.05) is 0 Å². The number of aromatic nitrogens is 3. The molecule has 0 aliphatic carbocycles. The van der Waals surface area contributed by atoms with Crippen LogP contribution in [-0.4, -0.2) is 14.4 Å². The van der Waals surface area contributed by atoms with Crippen molar-refractivity contribution in [1.82, 2.24) is 14.4 Å². The van der Waals surface area contributed by atoms with E-state index in [0.717, 1.165) is 39.2 Å². The summed E-state index contributed by atoms with van der Waals surface area (Å²) < 4.78 is 7.55. The number of hydrogen-bond acceptors (Lipinski definition) is 3. The lowest BCUT2D eigenvalue weighted by molar-refractivity contribution is 0.556. The van der Waals surface area contributed by atoms with E-state index < -0.39 is 0 Å². The number of imidazole rings is 2. The third-order valence-corrected chi connectivity index (χ3v) is 4.08. The van der Waals surface area contributed by atoms with Crippen LogP contribution >= 0.6 is 0 Å². The average molecular weight is 311 g/mol. The van der Waals surface area contributed by atoms with Crippen LogP contribution in [0.3, 0.4) is 0 Å². The van der Waals surface area contributed by atoms with Crippen molar-refractivity contribution in [3.63, 3.8) is 0 Å². The average Bonchev–Trinajstić information content (AvgIpc) is 3.33. The van der Waals surface area contributed by atoms with Crippen molar-refractivity contribution in [2.24, 2.45) is 0 Å². The highest BCUT2D eigenvalue weighted by Gasteiger charge is 2.14. The van der Waals surface area contributed by atoms with Crippen LogP contribution in [-0.2, 0) is 0 Å². The van der Waals surface area contributed by atoms with Crippen molar-refractivity contribution in [2.45, 2.75) is 0 Å². The predicted octanol–water partition coefficient (Wildman–Crippen LogP) is 3.69. The predicted molar refractivity (Wildman–Crippen MR) is 93.4 cm³/mol. The quantitative estimate of drug-likeness (QED) is 0.499. The van der Waals surface area contributed by atoms with Crippen LogP contribution in [0.15, 0.2) is 77.4 Å². The molecule has 3 heterocycles. The molecule has 4 nitrogen and oxygen atoms in total. The molecular weight excluding hydrogens is 298 g/mol.